The third kappa shape index (κ3) is 7.11. The van der Waals surface area contributed by atoms with Crippen molar-refractivity contribution in [2.24, 2.45) is 7.05 Å². The number of anilines is 3. The van der Waals surface area contributed by atoms with Gasteiger partial charge in [0.15, 0.2) is 5.82 Å². The molecule has 0 aliphatic carbocycles. The molecule has 1 aliphatic rings. The van der Waals surface area contributed by atoms with E-state index in [0.717, 1.165) is 11.7 Å². The molecular formula is C27H34F3N9OSi. The van der Waals surface area contributed by atoms with Crippen LogP contribution in [0.2, 0.25) is 25.7 Å². The molecule has 10 nitrogen and oxygen atoms in total. The molecule has 1 saturated heterocycles. The smallest absolute Gasteiger partial charge is 0.251 e. The highest BCUT2D eigenvalue weighted by Gasteiger charge is 2.34. The number of hydrogen-bond donors (Lipinski definition) is 1. The van der Waals surface area contributed by atoms with Crippen LogP contribution < -0.4 is 10.2 Å². The highest BCUT2D eigenvalue weighted by atomic mass is 28.3. The molecule has 0 unspecified atom stereocenters. The number of halogens is 3. The second-order valence-corrected chi connectivity index (χ2v) is 17.0. The molecule has 0 saturated carbocycles. The van der Waals surface area contributed by atoms with Crippen LogP contribution in [0.5, 0.6) is 0 Å². The number of aromatic nitrogens is 7. The molecule has 0 amide bonds. The summed E-state index contributed by atoms with van der Waals surface area (Å²) in [6.07, 6.45) is 4.28. The van der Waals surface area contributed by atoms with E-state index in [2.05, 4.69) is 50.1 Å². The molecule has 0 bridgehead atoms. The van der Waals surface area contributed by atoms with Crippen molar-refractivity contribution in [3.05, 3.63) is 48.8 Å². The fourth-order valence-corrected chi connectivity index (χ4v) is 5.05. The van der Waals surface area contributed by atoms with Gasteiger partial charge in [-0.1, -0.05) is 31.8 Å². The van der Waals surface area contributed by atoms with Crippen molar-refractivity contribution in [2.75, 3.05) is 29.9 Å². The molecular weight excluding hydrogens is 551 g/mol. The summed E-state index contributed by atoms with van der Waals surface area (Å²) in [4.78, 5) is 15.0. The van der Waals surface area contributed by atoms with E-state index in [1.807, 2.05) is 12.1 Å². The van der Waals surface area contributed by atoms with Gasteiger partial charge in [-0.25, -0.2) is 28.1 Å². The van der Waals surface area contributed by atoms with Crippen molar-refractivity contribution in [3.8, 4) is 22.5 Å². The second-order valence-electron chi connectivity index (χ2n) is 11.4. The van der Waals surface area contributed by atoms with Crippen molar-refractivity contribution in [1.82, 2.24) is 34.5 Å². The molecule has 1 fully saturated rings. The van der Waals surface area contributed by atoms with Crippen molar-refractivity contribution in [3.63, 3.8) is 0 Å². The van der Waals surface area contributed by atoms with Gasteiger partial charge in [0.05, 0.1) is 17.3 Å². The lowest BCUT2D eigenvalue weighted by atomic mass is 10.1. The van der Waals surface area contributed by atoms with Crippen LogP contribution in [0.1, 0.15) is 12.8 Å². The first-order chi connectivity index (χ1) is 19.5. The molecule has 0 spiro atoms. The molecule has 0 atom stereocenters. The summed E-state index contributed by atoms with van der Waals surface area (Å²) in [5.41, 5.74) is 2.43. The lowest BCUT2D eigenvalue weighted by Gasteiger charge is -2.31. The van der Waals surface area contributed by atoms with Crippen LogP contribution in [0, 0.1) is 5.95 Å². The summed E-state index contributed by atoms with van der Waals surface area (Å²) in [6, 6.07) is 8.27. The maximum atomic E-state index is 15.0. The van der Waals surface area contributed by atoms with E-state index in [0.29, 0.717) is 41.0 Å². The Kier molecular flexibility index (Phi) is 8.13. The van der Waals surface area contributed by atoms with Gasteiger partial charge >= 0.3 is 0 Å². The number of aryl methyl sites for hydroxylation is 1. The van der Waals surface area contributed by atoms with Gasteiger partial charge in [-0.15, -0.1) is 5.10 Å². The third-order valence-corrected chi connectivity index (χ3v) is 8.58. The number of piperidine rings is 1. The number of benzene rings is 1. The first-order valence-corrected chi connectivity index (χ1v) is 17.2. The minimum Gasteiger partial charge on any atom is -0.359 e. The fraction of sp³-hybridized carbons (Fsp3) is 0.444. The largest absolute Gasteiger partial charge is 0.359 e. The van der Waals surface area contributed by atoms with Gasteiger partial charge in [0.25, 0.3) is 5.92 Å². The predicted octanol–water partition coefficient (Wildman–Crippen LogP) is 5.57. The molecule has 4 aromatic rings. The first-order valence-electron chi connectivity index (χ1n) is 13.5. The Morgan fingerprint density at radius 3 is 2.34 bits per heavy atom. The normalized spacial score (nSPS) is 15.3. The van der Waals surface area contributed by atoms with E-state index in [1.54, 1.807) is 41.2 Å². The maximum absolute atomic E-state index is 15.0. The van der Waals surface area contributed by atoms with Gasteiger partial charge in [-0.2, -0.15) is 14.5 Å². The Labute approximate surface area is 237 Å². The van der Waals surface area contributed by atoms with Crippen molar-refractivity contribution in [2.45, 2.75) is 51.2 Å². The quantitative estimate of drug-likeness (QED) is 0.191. The zero-order valence-corrected chi connectivity index (χ0v) is 24.6. The van der Waals surface area contributed by atoms with Gasteiger partial charge in [0, 0.05) is 65.7 Å². The molecule has 14 heteroatoms. The standard InChI is InChI=1S/C27H34F3N9OSi/c1-37-26(35-24(36-37)20-15-31-25(32-16-20)38-11-9-27(29,30)10-12-38)34-21-7-5-19(6-8-21)22-17-33-39(23(22)28)18-40-13-14-41(2,3)4/h5-8,15-17H,9-14,18H2,1-4H3,(H,34,35,36). The third-order valence-electron chi connectivity index (χ3n) is 6.87. The summed E-state index contributed by atoms with van der Waals surface area (Å²) >= 11 is 0. The Balaban J connectivity index is 1.20. The zero-order valence-electron chi connectivity index (χ0n) is 23.6. The van der Waals surface area contributed by atoms with Gasteiger partial charge in [-0.05, 0) is 23.7 Å². The van der Waals surface area contributed by atoms with Gasteiger partial charge < -0.3 is 15.0 Å². The molecule has 218 valence electrons. The van der Waals surface area contributed by atoms with Crippen LogP contribution in [0.15, 0.2) is 42.9 Å². The fourth-order valence-electron chi connectivity index (χ4n) is 4.30. The van der Waals surface area contributed by atoms with Crippen LogP contribution in [0.25, 0.3) is 22.5 Å². The summed E-state index contributed by atoms with van der Waals surface area (Å²) in [5, 5.41) is 11.8. The van der Waals surface area contributed by atoms with E-state index in [1.165, 1.54) is 10.9 Å². The predicted molar refractivity (Wildman–Crippen MR) is 153 cm³/mol. The molecule has 1 aliphatic heterocycles. The average molecular weight is 586 g/mol. The van der Waals surface area contributed by atoms with Gasteiger partial charge in [0.1, 0.15) is 6.73 Å². The molecule has 1 N–H and O–H groups in total. The monoisotopic (exact) mass is 585 g/mol. The number of ether oxygens (including phenoxy) is 1. The minimum atomic E-state index is -2.63. The van der Waals surface area contributed by atoms with E-state index in [9.17, 15) is 13.2 Å². The number of nitrogens with one attached hydrogen (secondary N) is 1. The number of hydrogen-bond acceptors (Lipinski definition) is 8. The van der Waals surface area contributed by atoms with Crippen LogP contribution in [-0.2, 0) is 18.5 Å². The molecule has 3 aromatic heterocycles. The van der Waals surface area contributed by atoms with E-state index >= 15 is 0 Å². The molecule has 0 radical (unpaired) electrons. The minimum absolute atomic E-state index is 0.0788. The van der Waals surface area contributed by atoms with Crippen molar-refractivity contribution in [1.29, 1.82) is 0 Å². The number of alkyl halides is 2. The van der Waals surface area contributed by atoms with Gasteiger partial charge in [0.2, 0.25) is 17.8 Å². The average Bonchev–Trinajstić information content (AvgIpc) is 3.48. The maximum Gasteiger partial charge on any atom is 0.251 e. The van der Waals surface area contributed by atoms with Crippen LogP contribution >= 0.6 is 0 Å². The van der Waals surface area contributed by atoms with E-state index < -0.39 is 19.9 Å². The zero-order chi connectivity index (χ0) is 29.2. The van der Waals surface area contributed by atoms with Gasteiger partial charge in [-0.3, -0.25) is 0 Å². The lowest BCUT2D eigenvalue weighted by molar-refractivity contribution is -0.0222. The summed E-state index contributed by atoms with van der Waals surface area (Å²) < 4.78 is 50.3. The number of rotatable bonds is 10. The molecule has 4 heterocycles. The number of nitrogens with zero attached hydrogens (tertiary/aromatic N) is 8. The summed E-state index contributed by atoms with van der Waals surface area (Å²) in [6.45, 7) is 7.90. The first kappa shape index (κ1) is 28.7. The topological polar surface area (TPSA) is 98.8 Å². The van der Waals surface area contributed by atoms with Crippen LogP contribution in [0.3, 0.4) is 0 Å². The molecule has 1 aromatic carbocycles. The Morgan fingerprint density at radius 1 is 1.00 bits per heavy atom. The molecule has 41 heavy (non-hydrogen) atoms. The second kappa shape index (κ2) is 11.6. The van der Waals surface area contributed by atoms with Crippen molar-refractivity contribution < 1.29 is 17.9 Å². The SMILES string of the molecule is Cn1nc(-c2cnc(N3CCC(F)(F)CC3)nc2)nc1Nc1ccc(-c2cnn(COCC[Si](C)(C)C)c2F)cc1. The van der Waals surface area contributed by atoms with E-state index in [-0.39, 0.29) is 32.7 Å². The Morgan fingerprint density at radius 2 is 1.68 bits per heavy atom. The van der Waals surface area contributed by atoms with Crippen molar-refractivity contribution >= 4 is 25.7 Å². The van der Waals surface area contributed by atoms with Crippen LogP contribution in [0.4, 0.5) is 30.8 Å². The highest BCUT2D eigenvalue weighted by Crippen LogP contribution is 2.30. The van der Waals surface area contributed by atoms with E-state index in [4.69, 9.17) is 4.74 Å². The van der Waals surface area contributed by atoms with Crippen LogP contribution in [-0.4, -0.2) is 68.2 Å². The Bertz CT molecular complexity index is 1460. The lowest BCUT2D eigenvalue weighted by Crippen LogP contribution is -2.40. The Hall–Kier alpha value is -3.78. The summed E-state index contributed by atoms with van der Waals surface area (Å²) in [7, 11) is 0.543. The summed E-state index contributed by atoms with van der Waals surface area (Å²) in [5.74, 6) is -1.74. The molecule has 5 rings (SSSR count). The highest BCUT2D eigenvalue weighted by molar-refractivity contribution is 6.76.